The number of carbonyl (C=O) groups is 1. The Balaban J connectivity index is 2.24. The third-order valence-electron chi connectivity index (χ3n) is 5.39. The van der Waals surface area contributed by atoms with Gasteiger partial charge >= 0.3 is 0 Å². The van der Waals surface area contributed by atoms with Crippen molar-refractivity contribution < 1.29 is 4.79 Å². The third-order valence-corrected chi connectivity index (χ3v) is 5.88. The van der Waals surface area contributed by atoms with Crippen molar-refractivity contribution in [2.75, 3.05) is 18.4 Å². The van der Waals surface area contributed by atoms with Gasteiger partial charge in [0.25, 0.3) is 0 Å². The lowest BCUT2D eigenvalue weighted by Gasteiger charge is -2.38. The van der Waals surface area contributed by atoms with E-state index in [9.17, 15) is 4.79 Å². The van der Waals surface area contributed by atoms with Gasteiger partial charge in [0.1, 0.15) is 0 Å². The molecule has 1 heterocycles. The fourth-order valence-corrected chi connectivity index (χ4v) is 4.45. The quantitative estimate of drug-likeness (QED) is 0.466. The average molecular weight is 475 g/mol. The summed E-state index contributed by atoms with van der Waals surface area (Å²) in [5, 5.41) is 6.37. The molecule has 0 saturated carbocycles. The van der Waals surface area contributed by atoms with Crippen molar-refractivity contribution in [2.24, 2.45) is 17.6 Å². The number of anilines is 1. The smallest absolute Gasteiger partial charge is 0.217 e. The average Bonchev–Trinajstić information content (AvgIpc) is 2.64. The van der Waals surface area contributed by atoms with Crippen LogP contribution in [0.3, 0.4) is 0 Å². The van der Waals surface area contributed by atoms with Crippen LogP contribution in [0.25, 0.3) is 5.70 Å². The Morgan fingerprint density at radius 2 is 1.90 bits per heavy atom. The molecule has 1 amide bonds. The van der Waals surface area contributed by atoms with Gasteiger partial charge in [-0.3, -0.25) is 4.79 Å². The maximum absolute atomic E-state index is 11.7. The first kappa shape index (κ1) is 24.1. The summed E-state index contributed by atoms with van der Waals surface area (Å²) >= 11 is 3.59. The topological polar surface area (TPSA) is 70.4 Å². The molecule has 1 aliphatic rings. The van der Waals surface area contributed by atoms with Crippen LogP contribution in [0.5, 0.6) is 0 Å². The normalized spacial score (nSPS) is 19.7. The van der Waals surface area contributed by atoms with E-state index in [1.54, 1.807) is 0 Å². The Hall–Kier alpha value is -2.21. The van der Waals surface area contributed by atoms with Gasteiger partial charge in [-0.2, -0.15) is 0 Å². The zero-order chi connectivity index (χ0) is 22.4. The molecule has 2 rings (SSSR count). The van der Waals surface area contributed by atoms with Crippen LogP contribution in [-0.4, -0.2) is 29.9 Å². The predicted molar refractivity (Wildman–Crippen MR) is 131 cm³/mol. The Labute approximate surface area is 189 Å². The van der Waals surface area contributed by atoms with Gasteiger partial charge in [0.05, 0.1) is 6.04 Å². The number of likely N-dealkylation sites (tertiary alicyclic amines) is 1. The first-order valence-corrected chi connectivity index (χ1v) is 11.3. The van der Waals surface area contributed by atoms with Gasteiger partial charge in [-0.25, -0.2) is 0 Å². The number of rotatable bonds is 9. The van der Waals surface area contributed by atoms with Crippen LogP contribution in [0.4, 0.5) is 5.69 Å². The molecule has 6 heteroatoms. The van der Waals surface area contributed by atoms with E-state index in [0.29, 0.717) is 36.1 Å². The van der Waals surface area contributed by atoms with Gasteiger partial charge < -0.3 is 21.3 Å². The number of hydrogen-bond acceptors (Lipinski definition) is 4. The molecule has 30 heavy (non-hydrogen) atoms. The third kappa shape index (κ3) is 6.94. The van der Waals surface area contributed by atoms with Crippen LogP contribution in [0, 0.1) is 11.8 Å². The van der Waals surface area contributed by atoms with Gasteiger partial charge in [-0.05, 0) is 49.3 Å². The Bertz CT molecular complexity index is 809. The fraction of sp³-hybridized carbons (Fsp3) is 0.458. The minimum Gasteiger partial charge on any atom is -0.403 e. The lowest BCUT2D eigenvalue weighted by molar-refractivity contribution is -0.119. The summed E-state index contributed by atoms with van der Waals surface area (Å²) in [6.45, 7) is 20.5. The molecule has 3 atom stereocenters. The molecule has 0 spiro atoms. The molecule has 0 aliphatic carbocycles. The zero-order valence-corrected chi connectivity index (χ0v) is 20.0. The molecule has 0 unspecified atom stereocenters. The van der Waals surface area contributed by atoms with Crippen LogP contribution in [0.1, 0.15) is 45.6 Å². The zero-order valence-electron chi connectivity index (χ0n) is 18.4. The first-order chi connectivity index (χ1) is 14.1. The molecule has 1 aliphatic heterocycles. The minimum absolute atomic E-state index is 0.109. The van der Waals surface area contributed by atoms with E-state index in [2.05, 4.69) is 71.1 Å². The van der Waals surface area contributed by atoms with Crippen molar-refractivity contribution in [1.29, 1.82) is 0 Å². The van der Waals surface area contributed by atoms with Crippen LogP contribution in [-0.2, 0) is 4.79 Å². The Kier molecular flexibility index (Phi) is 8.59. The summed E-state index contributed by atoms with van der Waals surface area (Å²) in [6.07, 6.45) is 2.48. The number of halogens is 1. The lowest BCUT2D eigenvalue weighted by Crippen LogP contribution is -2.38. The van der Waals surface area contributed by atoms with Gasteiger partial charge in [0.2, 0.25) is 5.91 Å². The number of amides is 1. The highest BCUT2D eigenvalue weighted by Crippen LogP contribution is 2.33. The number of allylic oxidation sites excluding steroid dienone is 1. The summed E-state index contributed by atoms with van der Waals surface area (Å²) in [4.78, 5) is 14.1. The maximum Gasteiger partial charge on any atom is 0.217 e. The maximum atomic E-state index is 11.7. The second-order valence-corrected chi connectivity index (χ2v) is 9.50. The molecular formula is C24H35BrN4O. The predicted octanol–water partition coefficient (Wildman–Crippen LogP) is 5.08. The number of benzene rings is 1. The first-order valence-electron chi connectivity index (χ1n) is 10.5. The fourth-order valence-electron chi connectivity index (χ4n) is 4.09. The highest BCUT2D eigenvalue weighted by molar-refractivity contribution is 9.10. The molecule has 1 aromatic carbocycles. The number of hydrogen-bond donors (Lipinski definition) is 3. The highest BCUT2D eigenvalue weighted by atomic mass is 79.9. The summed E-state index contributed by atoms with van der Waals surface area (Å²) in [5.41, 5.74) is 9.97. The van der Waals surface area contributed by atoms with E-state index >= 15 is 0 Å². The van der Waals surface area contributed by atoms with Crippen molar-refractivity contribution in [3.8, 4) is 0 Å². The molecule has 1 saturated heterocycles. The molecule has 0 radical (unpaired) electrons. The number of nitrogens with two attached hydrogens (primary N) is 1. The van der Waals surface area contributed by atoms with E-state index in [-0.39, 0.29) is 11.9 Å². The minimum atomic E-state index is -0.248. The molecular weight excluding hydrogens is 440 g/mol. The van der Waals surface area contributed by atoms with Gasteiger partial charge in [0.15, 0.2) is 0 Å². The second kappa shape index (κ2) is 10.7. The molecule has 164 valence electrons. The number of nitrogens with one attached hydrogen (secondary N) is 2. The summed E-state index contributed by atoms with van der Waals surface area (Å²) < 4.78 is 0.991. The largest absolute Gasteiger partial charge is 0.403 e. The van der Waals surface area contributed by atoms with E-state index in [1.165, 1.54) is 13.3 Å². The number of piperidine rings is 1. The lowest BCUT2D eigenvalue weighted by atomic mass is 9.91. The summed E-state index contributed by atoms with van der Waals surface area (Å²) in [6, 6.07) is 5.84. The van der Waals surface area contributed by atoms with Crippen molar-refractivity contribution in [3.63, 3.8) is 0 Å². The molecule has 0 aromatic heterocycles. The summed E-state index contributed by atoms with van der Waals surface area (Å²) in [5.74, 6) is 1.16. The van der Waals surface area contributed by atoms with E-state index in [0.717, 1.165) is 34.5 Å². The second-order valence-electron chi connectivity index (χ2n) is 8.59. The van der Waals surface area contributed by atoms with Crippen molar-refractivity contribution >= 4 is 33.2 Å². The van der Waals surface area contributed by atoms with Crippen LogP contribution in [0.15, 0.2) is 53.8 Å². The SMILES string of the molecule is C=C(N)CC[C@H](NC(C)=O)C(=C)Nc1ccc(Br)cc1C(=C)N1C[C@H](C)C[C@H](C)C1. The Morgan fingerprint density at radius 3 is 2.47 bits per heavy atom. The summed E-state index contributed by atoms with van der Waals surface area (Å²) in [7, 11) is 0. The van der Waals surface area contributed by atoms with E-state index in [4.69, 9.17) is 5.73 Å². The monoisotopic (exact) mass is 474 g/mol. The van der Waals surface area contributed by atoms with Gasteiger partial charge in [0, 0.05) is 52.8 Å². The standard InChI is InChI=1S/C24H35BrN4O/c1-15-11-16(2)14-29(13-15)19(5)22-12-21(25)8-10-24(22)27-18(4)23(28-20(6)30)9-7-17(3)26/h8,10,12,15-16,23,27H,3-5,7,9,11,13-14,26H2,1-2,6H3,(H,28,30)/t15-,16+,23-/m0/s1. The molecule has 0 bridgehead atoms. The molecule has 1 aromatic rings. The van der Waals surface area contributed by atoms with Crippen molar-refractivity contribution in [1.82, 2.24) is 10.2 Å². The van der Waals surface area contributed by atoms with Crippen LogP contribution in [0.2, 0.25) is 0 Å². The van der Waals surface area contributed by atoms with Crippen molar-refractivity contribution in [2.45, 2.75) is 46.1 Å². The van der Waals surface area contributed by atoms with E-state index in [1.807, 2.05) is 12.1 Å². The molecule has 1 fully saturated rings. The van der Waals surface area contributed by atoms with Crippen molar-refractivity contribution in [3.05, 3.63) is 59.4 Å². The number of carbonyl (C=O) groups excluding carboxylic acids is 1. The van der Waals surface area contributed by atoms with E-state index < -0.39 is 0 Å². The highest BCUT2D eigenvalue weighted by Gasteiger charge is 2.25. The van der Waals surface area contributed by atoms with Gasteiger partial charge in [-0.1, -0.05) is 49.5 Å². The van der Waals surface area contributed by atoms with Gasteiger partial charge in [-0.15, -0.1) is 0 Å². The molecule has 4 N–H and O–H groups in total. The van der Waals surface area contributed by atoms with Crippen LogP contribution >= 0.6 is 15.9 Å². The van der Waals surface area contributed by atoms with Crippen LogP contribution < -0.4 is 16.4 Å². The number of nitrogens with zero attached hydrogens (tertiary/aromatic N) is 1. The Morgan fingerprint density at radius 1 is 1.27 bits per heavy atom. The molecule has 5 nitrogen and oxygen atoms in total.